The molecule has 1 aromatic heterocycles. The first-order valence-corrected chi connectivity index (χ1v) is 10.8. The average molecular weight is 429 g/mol. The van der Waals surface area contributed by atoms with Crippen molar-refractivity contribution in [2.75, 3.05) is 19.6 Å². The molecule has 31 heavy (non-hydrogen) atoms. The van der Waals surface area contributed by atoms with Gasteiger partial charge < -0.3 is 24.7 Å². The summed E-state index contributed by atoms with van der Waals surface area (Å²) in [5.74, 6) is 1.47. The van der Waals surface area contributed by atoms with E-state index in [1.54, 1.807) is 11.1 Å². The van der Waals surface area contributed by atoms with Crippen molar-refractivity contribution in [1.29, 1.82) is 0 Å². The molecular formula is C23H32N4O4. The van der Waals surface area contributed by atoms with Crippen molar-refractivity contribution in [2.24, 2.45) is 5.92 Å². The Kier molecular flexibility index (Phi) is 7.55. The molecule has 2 aromatic rings. The van der Waals surface area contributed by atoms with Gasteiger partial charge in [-0.15, -0.1) is 0 Å². The highest BCUT2D eigenvalue weighted by Crippen LogP contribution is 2.22. The van der Waals surface area contributed by atoms with Crippen LogP contribution in [-0.4, -0.2) is 47.2 Å². The van der Waals surface area contributed by atoms with Crippen molar-refractivity contribution in [1.82, 2.24) is 20.5 Å². The Morgan fingerprint density at radius 3 is 2.74 bits per heavy atom. The highest BCUT2D eigenvalue weighted by molar-refractivity contribution is 5.73. The zero-order chi connectivity index (χ0) is 22.3. The Bertz CT molecular complexity index is 860. The normalized spacial score (nSPS) is 16.6. The van der Waals surface area contributed by atoms with Gasteiger partial charge in [0.1, 0.15) is 5.60 Å². The van der Waals surface area contributed by atoms with Crippen LogP contribution in [0.5, 0.6) is 0 Å². The van der Waals surface area contributed by atoms with Gasteiger partial charge in [0.15, 0.2) is 5.76 Å². The van der Waals surface area contributed by atoms with E-state index in [0.717, 1.165) is 31.4 Å². The van der Waals surface area contributed by atoms with Gasteiger partial charge in [0.05, 0.1) is 12.7 Å². The third-order valence-electron chi connectivity index (χ3n) is 5.02. The number of carbonyl (C=O) groups excluding carboxylic acids is 2. The fourth-order valence-electron chi connectivity index (χ4n) is 3.53. The van der Waals surface area contributed by atoms with Crippen LogP contribution in [0.3, 0.4) is 0 Å². The standard InChI is InChI=1S/C23H32N4O4/c1-23(2,3)31-22(29)27-13-7-8-17(16-27)11-12-24-21(28)26-15-20-25-14-19(30-20)18-9-5-4-6-10-18/h4-6,9-10,14,17H,7-8,11-13,15-16H2,1-3H3,(H2,24,26,28). The van der Waals surface area contributed by atoms with Gasteiger partial charge in [-0.05, 0) is 46.0 Å². The summed E-state index contributed by atoms with van der Waals surface area (Å²) in [6, 6.07) is 9.43. The van der Waals surface area contributed by atoms with Crippen LogP contribution < -0.4 is 10.6 Å². The number of nitrogens with one attached hydrogen (secondary N) is 2. The van der Waals surface area contributed by atoms with Crippen LogP contribution in [0.15, 0.2) is 40.9 Å². The van der Waals surface area contributed by atoms with E-state index in [1.807, 2.05) is 51.1 Å². The Labute approximate surface area is 183 Å². The lowest BCUT2D eigenvalue weighted by molar-refractivity contribution is 0.0162. The topological polar surface area (TPSA) is 96.7 Å². The first-order valence-electron chi connectivity index (χ1n) is 10.8. The molecule has 0 spiro atoms. The van der Waals surface area contributed by atoms with Crippen molar-refractivity contribution in [3.63, 3.8) is 0 Å². The predicted molar refractivity (Wildman–Crippen MR) is 117 cm³/mol. The molecule has 0 bridgehead atoms. The molecule has 0 radical (unpaired) electrons. The summed E-state index contributed by atoms with van der Waals surface area (Å²) in [5.41, 5.74) is 0.451. The number of piperidine rings is 1. The van der Waals surface area contributed by atoms with Gasteiger partial charge in [0.2, 0.25) is 5.89 Å². The van der Waals surface area contributed by atoms with Crippen LogP contribution in [0.25, 0.3) is 11.3 Å². The zero-order valence-electron chi connectivity index (χ0n) is 18.5. The van der Waals surface area contributed by atoms with Crippen LogP contribution in [-0.2, 0) is 11.3 Å². The summed E-state index contributed by atoms with van der Waals surface area (Å²) >= 11 is 0. The fourth-order valence-corrected chi connectivity index (χ4v) is 3.53. The summed E-state index contributed by atoms with van der Waals surface area (Å²) in [6.45, 7) is 7.76. The Hall–Kier alpha value is -3.03. The van der Waals surface area contributed by atoms with Crippen molar-refractivity contribution in [3.8, 4) is 11.3 Å². The van der Waals surface area contributed by atoms with Gasteiger partial charge in [-0.1, -0.05) is 30.3 Å². The van der Waals surface area contributed by atoms with Crippen molar-refractivity contribution in [3.05, 3.63) is 42.4 Å². The number of ether oxygens (including phenoxy) is 1. The lowest BCUT2D eigenvalue weighted by Gasteiger charge is -2.34. The minimum Gasteiger partial charge on any atom is -0.444 e. The number of oxazole rings is 1. The van der Waals surface area contributed by atoms with Gasteiger partial charge in [-0.3, -0.25) is 0 Å². The summed E-state index contributed by atoms with van der Waals surface area (Å²) in [6.07, 6.45) is 4.20. The van der Waals surface area contributed by atoms with Crippen LogP contribution in [0, 0.1) is 5.92 Å². The monoisotopic (exact) mass is 428 g/mol. The average Bonchev–Trinajstić information content (AvgIpc) is 3.21. The maximum atomic E-state index is 12.3. The zero-order valence-corrected chi connectivity index (χ0v) is 18.5. The molecule has 1 unspecified atom stereocenters. The van der Waals surface area contributed by atoms with E-state index in [-0.39, 0.29) is 18.7 Å². The summed E-state index contributed by atoms with van der Waals surface area (Å²) in [4.78, 5) is 30.3. The number of aromatic nitrogens is 1. The molecule has 1 aliphatic rings. The number of hydrogen-bond acceptors (Lipinski definition) is 5. The van der Waals surface area contributed by atoms with Gasteiger partial charge in [0, 0.05) is 25.2 Å². The van der Waals surface area contributed by atoms with Crippen molar-refractivity contribution in [2.45, 2.75) is 52.2 Å². The van der Waals surface area contributed by atoms with Gasteiger partial charge in [-0.2, -0.15) is 0 Å². The Morgan fingerprint density at radius 1 is 1.23 bits per heavy atom. The Morgan fingerprint density at radius 2 is 2.00 bits per heavy atom. The lowest BCUT2D eigenvalue weighted by atomic mass is 9.95. The van der Waals surface area contributed by atoms with E-state index in [4.69, 9.17) is 9.15 Å². The summed E-state index contributed by atoms with van der Waals surface area (Å²) < 4.78 is 11.2. The molecule has 1 saturated heterocycles. The minimum absolute atomic E-state index is 0.217. The Balaban J connectivity index is 1.36. The first kappa shape index (κ1) is 22.7. The molecular weight excluding hydrogens is 396 g/mol. The number of likely N-dealkylation sites (tertiary alicyclic amines) is 1. The quantitative estimate of drug-likeness (QED) is 0.720. The SMILES string of the molecule is CC(C)(C)OC(=O)N1CCCC(CCNC(=O)NCc2ncc(-c3ccccc3)o2)C1. The first-order chi connectivity index (χ1) is 14.8. The number of carbonyl (C=O) groups is 2. The van der Waals surface area contributed by atoms with Gasteiger partial charge in [-0.25, -0.2) is 14.6 Å². The van der Waals surface area contributed by atoms with E-state index >= 15 is 0 Å². The van der Waals surface area contributed by atoms with Crippen LogP contribution in [0.4, 0.5) is 9.59 Å². The number of benzene rings is 1. The molecule has 1 atom stereocenters. The number of nitrogens with zero attached hydrogens (tertiary/aromatic N) is 2. The fraction of sp³-hybridized carbons (Fsp3) is 0.522. The number of rotatable bonds is 6. The number of urea groups is 1. The van der Waals surface area contributed by atoms with Gasteiger partial charge >= 0.3 is 12.1 Å². The van der Waals surface area contributed by atoms with E-state index in [9.17, 15) is 9.59 Å². The van der Waals surface area contributed by atoms with Crippen LogP contribution >= 0.6 is 0 Å². The molecule has 2 heterocycles. The molecule has 0 aliphatic carbocycles. The third-order valence-corrected chi connectivity index (χ3v) is 5.02. The predicted octanol–water partition coefficient (Wildman–Crippen LogP) is 4.18. The number of amides is 3. The second-order valence-corrected chi connectivity index (χ2v) is 8.82. The maximum Gasteiger partial charge on any atom is 0.410 e. The molecule has 8 heteroatoms. The molecule has 3 amide bonds. The molecule has 1 fully saturated rings. The molecule has 0 saturated carbocycles. The second-order valence-electron chi connectivity index (χ2n) is 8.82. The molecule has 168 valence electrons. The molecule has 1 aliphatic heterocycles. The van der Waals surface area contributed by atoms with E-state index in [2.05, 4.69) is 15.6 Å². The maximum absolute atomic E-state index is 12.3. The second kappa shape index (κ2) is 10.3. The van der Waals surface area contributed by atoms with Crippen molar-refractivity contribution < 1.29 is 18.7 Å². The largest absolute Gasteiger partial charge is 0.444 e. The van der Waals surface area contributed by atoms with E-state index in [1.165, 1.54) is 0 Å². The van der Waals surface area contributed by atoms with Gasteiger partial charge in [0.25, 0.3) is 0 Å². The smallest absolute Gasteiger partial charge is 0.410 e. The lowest BCUT2D eigenvalue weighted by Crippen LogP contribution is -2.44. The highest BCUT2D eigenvalue weighted by atomic mass is 16.6. The molecule has 3 rings (SSSR count). The molecule has 8 nitrogen and oxygen atoms in total. The van der Waals surface area contributed by atoms with Crippen LogP contribution in [0.1, 0.15) is 45.9 Å². The van der Waals surface area contributed by atoms with Crippen LogP contribution in [0.2, 0.25) is 0 Å². The minimum atomic E-state index is -0.492. The highest BCUT2D eigenvalue weighted by Gasteiger charge is 2.27. The van der Waals surface area contributed by atoms with E-state index < -0.39 is 5.60 Å². The summed E-state index contributed by atoms with van der Waals surface area (Å²) in [7, 11) is 0. The summed E-state index contributed by atoms with van der Waals surface area (Å²) in [5, 5.41) is 5.63. The number of hydrogen-bond donors (Lipinski definition) is 2. The van der Waals surface area contributed by atoms with Crippen molar-refractivity contribution >= 4 is 12.1 Å². The molecule has 2 N–H and O–H groups in total. The molecule has 1 aromatic carbocycles. The third kappa shape index (κ3) is 7.31. The van der Waals surface area contributed by atoms with E-state index in [0.29, 0.717) is 30.7 Å².